The van der Waals surface area contributed by atoms with E-state index in [9.17, 15) is 0 Å². The van der Waals surface area contributed by atoms with Crippen molar-refractivity contribution in [3.05, 3.63) is 30.1 Å². The topological polar surface area (TPSA) is 45.4 Å². The molecule has 94 valence electrons. The second-order valence-electron chi connectivity index (χ2n) is 4.81. The molecule has 0 aromatic carbocycles. The largest absolute Gasteiger partial charge is 0.330 e. The SMILES string of the molecule is CN1CCN(Cc2cccnc2)CC1CCN. The van der Waals surface area contributed by atoms with Crippen LogP contribution in [0.25, 0.3) is 0 Å². The van der Waals surface area contributed by atoms with E-state index in [0.717, 1.165) is 39.1 Å². The van der Waals surface area contributed by atoms with Gasteiger partial charge in [-0.15, -0.1) is 0 Å². The van der Waals surface area contributed by atoms with Crippen LogP contribution in [-0.4, -0.2) is 54.1 Å². The van der Waals surface area contributed by atoms with Crippen LogP contribution in [0.15, 0.2) is 24.5 Å². The summed E-state index contributed by atoms with van der Waals surface area (Å²) in [6.45, 7) is 5.15. The second-order valence-corrected chi connectivity index (χ2v) is 4.81. The molecule has 0 aliphatic carbocycles. The van der Waals surface area contributed by atoms with E-state index in [2.05, 4.69) is 27.9 Å². The van der Waals surface area contributed by atoms with E-state index in [1.54, 1.807) is 0 Å². The van der Waals surface area contributed by atoms with Gasteiger partial charge in [0.15, 0.2) is 0 Å². The first kappa shape index (κ1) is 12.5. The highest BCUT2D eigenvalue weighted by atomic mass is 15.3. The van der Waals surface area contributed by atoms with Crippen molar-refractivity contribution in [3.8, 4) is 0 Å². The van der Waals surface area contributed by atoms with Crippen molar-refractivity contribution in [3.63, 3.8) is 0 Å². The summed E-state index contributed by atoms with van der Waals surface area (Å²) in [4.78, 5) is 9.08. The molecule has 1 unspecified atom stereocenters. The Kier molecular flexibility index (Phi) is 4.48. The van der Waals surface area contributed by atoms with Gasteiger partial charge in [-0.05, 0) is 31.6 Å². The third kappa shape index (κ3) is 3.49. The number of piperazine rings is 1. The molecule has 0 amide bonds. The third-order valence-corrected chi connectivity index (χ3v) is 3.49. The molecule has 2 N–H and O–H groups in total. The average molecular weight is 234 g/mol. The summed E-state index contributed by atoms with van der Waals surface area (Å²) in [5.41, 5.74) is 6.96. The highest BCUT2D eigenvalue weighted by Gasteiger charge is 2.23. The van der Waals surface area contributed by atoms with Crippen LogP contribution < -0.4 is 5.73 Å². The lowest BCUT2D eigenvalue weighted by atomic mass is 10.1. The predicted octanol–water partition coefficient (Wildman–Crippen LogP) is 0.546. The molecule has 4 heteroatoms. The van der Waals surface area contributed by atoms with Crippen molar-refractivity contribution in [2.45, 2.75) is 19.0 Å². The Morgan fingerprint density at radius 2 is 2.35 bits per heavy atom. The minimum Gasteiger partial charge on any atom is -0.330 e. The first-order valence-electron chi connectivity index (χ1n) is 6.31. The molecular weight excluding hydrogens is 212 g/mol. The lowest BCUT2D eigenvalue weighted by Gasteiger charge is -2.39. The molecule has 0 saturated carbocycles. The van der Waals surface area contributed by atoms with Crippen LogP contribution in [0.5, 0.6) is 0 Å². The van der Waals surface area contributed by atoms with Crippen LogP contribution in [0, 0.1) is 0 Å². The quantitative estimate of drug-likeness (QED) is 0.826. The molecule has 0 spiro atoms. The summed E-state index contributed by atoms with van der Waals surface area (Å²) in [6.07, 6.45) is 4.86. The Bertz CT molecular complexity index is 327. The molecule has 4 nitrogen and oxygen atoms in total. The molecular formula is C13H22N4. The van der Waals surface area contributed by atoms with E-state index in [-0.39, 0.29) is 0 Å². The van der Waals surface area contributed by atoms with Crippen LogP contribution in [0.4, 0.5) is 0 Å². The van der Waals surface area contributed by atoms with Crippen LogP contribution in [-0.2, 0) is 6.54 Å². The average Bonchev–Trinajstić information content (AvgIpc) is 2.35. The molecule has 1 aliphatic heterocycles. The number of nitrogens with zero attached hydrogens (tertiary/aromatic N) is 3. The monoisotopic (exact) mass is 234 g/mol. The summed E-state index contributed by atoms with van der Waals surface area (Å²) >= 11 is 0. The Balaban J connectivity index is 1.90. The summed E-state index contributed by atoms with van der Waals surface area (Å²) < 4.78 is 0. The molecule has 0 radical (unpaired) electrons. The number of likely N-dealkylation sites (N-methyl/N-ethyl adjacent to an activating group) is 1. The van der Waals surface area contributed by atoms with E-state index >= 15 is 0 Å². The van der Waals surface area contributed by atoms with E-state index in [1.165, 1.54) is 5.56 Å². The van der Waals surface area contributed by atoms with Crippen molar-refractivity contribution in [1.82, 2.24) is 14.8 Å². The zero-order valence-electron chi connectivity index (χ0n) is 10.5. The first-order chi connectivity index (χ1) is 8.29. The predicted molar refractivity (Wildman–Crippen MR) is 69.6 cm³/mol. The van der Waals surface area contributed by atoms with E-state index in [4.69, 9.17) is 5.73 Å². The number of hydrogen-bond acceptors (Lipinski definition) is 4. The van der Waals surface area contributed by atoms with E-state index in [0.29, 0.717) is 6.04 Å². The van der Waals surface area contributed by atoms with Gasteiger partial charge < -0.3 is 10.6 Å². The highest BCUT2D eigenvalue weighted by Crippen LogP contribution is 2.13. The fraction of sp³-hybridized carbons (Fsp3) is 0.615. The fourth-order valence-electron chi connectivity index (χ4n) is 2.41. The molecule has 1 aliphatic rings. The Hall–Kier alpha value is -0.970. The molecule has 1 aromatic heterocycles. The lowest BCUT2D eigenvalue weighted by molar-refractivity contribution is 0.0869. The van der Waals surface area contributed by atoms with Crippen molar-refractivity contribution in [2.75, 3.05) is 33.2 Å². The van der Waals surface area contributed by atoms with E-state index < -0.39 is 0 Å². The van der Waals surface area contributed by atoms with Crippen molar-refractivity contribution < 1.29 is 0 Å². The zero-order valence-corrected chi connectivity index (χ0v) is 10.5. The molecule has 1 fully saturated rings. The highest BCUT2D eigenvalue weighted by molar-refractivity contribution is 5.08. The second kappa shape index (κ2) is 6.10. The molecule has 2 rings (SSSR count). The van der Waals surface area contributed by atoms with Gasteiger partial charge >= 0.3 is 0 Å². The van der Waals surface area contributed by atoms with Gasteiger partial charge in [0.2, 0.25) is 0 Å². The Morgan fingerprint density at radius 1 is 1.47 bits per heavy atom. The van der Waals surface area contributed by atoms with Gasteiger partial charge in [-0.3, -0.25) is 9.88 Å². The first-order valence-corrected chi connectivity index (χ1v) is 6.31. The van der Waals surface area contributed by atoms with Gasteiger partial charge in [0.1, 0.15) is 0 Å². The molecule has 2 heterocycles. The van der Waals surface area contributed by atoms with Crippen molar-refractivity contribution in [2.24, 2.45) is 5.73 Å². The minimum atomic E-state index is 0.602. The number of aromatic nitrogens is 1. The normalized spacial score (nSPS) is 22.8. The maximum absolute atomic E-state index is 5.66. The van der Waals surface area contributed by atoms with Gasteiger partial charge in [0, 0.05) is 44.6 Å². The summed E-state index contributed by atoms with van der Waals surface area (Å²) in [6, 6.07) is 4.75. The van der Waals surface area contributed by atoms with Crippen molar-refractivity contribution in [1.29, 1.82) is 0 Å². The molecule has 1 atom stereocenters. The number of pyridine rings is 1. The summed E-state index contributed by atoms with van der Waals surface area (Å²) in [5, 5.41) is 0. The minimum absolute atomic E-state index is 0.602. The van der Waals surface area contributed by atoms with Gasteiger partial charge in [0.05, 0.1) is 0 Å². The zero-order chi connectivity index (χ0) is 12.1. The smallest absolute Gasteiger partial charge is 0.0312 e. The molecule has 17 heavy (non-hydrogen) atoms. The van der Waals surface area contributed by atoms with Crippen LogP contribution in [0.1, 0.15) is 12.0 Å². The van der Waals surface area contributed by atoms with Crippen LogP contribution >= 0.6 is 0 Å². The maximum Gasteiger partial charge on any atom is 0.0312 e. The Morgan fingerprint density at radius 3 is 3.06 bits per heavy atom. The third-order valence-electron chi connectivity index (χ3n) is 3.49. The van der Waals surface area contributed by atoms with Gasteiger partial charge in [0.25, 0.3) is 0 Å². The fourth-order valence-corrected chi connectivity index (χ4v) is 2.41. The van der Waals surface area contributed by atoms with Gasteiger partial charge in [-0.1, -0.05) is 6.07 Å². The standard InChI is InChI=1S/C13H22N4/c1-16-7-8-17(11-13(16)4-5-14)10-12-3-2-6-15-9-12/h2-3,6,9,13H,4-5,7-8,10-11,14H2,1H3. The summed E-state index contributed by atoms with van der Waals surface area (Å²) in [7, 11) is 2.20. The number of nitrogens with two attached hydrogens (primary N) is 1. The lowest BCUT2D eigenvalue weighted by Crippen LogP contribution is -2.51. The number of rotatable bonds is 4. The van der Waals surface area contributed by atoms with E-state index in [1.807, 2.05) is 18.5 Å². The summed E-state index contributed by atoms with van der Waals surface area (Å²) in [5.74, 6) is 0. The Labute approximate surface area is 103 Å². The maximum atomic E-state index is 5.66. The molecule has 0 bridgehead atoms. The van der Waals surface area contributed by atoms with Crippen LogP contribution in [0.2, 0.25) is 0 Å². The van der Waals surface area contributed by atoms with Gasteiger partial charge in [-0.2, -0.15) is 0 Å². The molecule has 1 aromatic rings. The van der Waals surface area contributed by atoms with Crippen LogP contribution in [0.3, 0.4) is 0 Å². The number of hydrogen-bond donors (Lipinski definition) is 1. The van der Waals surface area contributed by atoms with Crippen molar-refractivity contribution >= 4 is 0 Å². The van der Waals surface area contributed by atoms with Gasteiger partial charge in [-0.25, -0.2) is 0 Å². The molecule has 1 saturated heterocycles.